The number of fused-ring (bicyclic) bond motifs is 1. The molecule has 24 heavy (non-hydrogen) atoms. The molecular weight excluding hydrogens is 308 g/mol. The summed E-state index contributed by atoms with van der Waals surface area (Å²) in [5, 5.41) is 31.6. The van der Waals surface area contributed by atoms with Gasteiger partial charge in [0.05, 0.1) is 12.4 Å². The van der Waals surface area contributed by atoms with Crippen LogP contribution in [0.4, 0.5) is 0 Å². The van der Waals surface area contributed by atoms with Gasteiger partial charge in [0.1, 0.15) is 5.75 Å². The summed E-state index contributed by atoms with van der Waals surface area (Å²) in [7, 11) is 1.00. The van der Waals surface area contributed by atoms with Crippen LogP contribution in [0.1, 0.15) is 24.8 Å². The van der Waals surface area contributed by atoms with Crippen molar-refractivity contribution in [1.82, 2.24) is 5.16 Å². The van der Waals surface area contributed by atoms with Crippen LogP contribution in [0.15, 0.2) is 64.4 Å². The van der Waals surface area contributed by atoms with Gasteiger partial charge < -0.3 is 19.9 Å². The average molecular weight is 330 g/mol. The number of nitrogens with zero attached hydrogens (tertiary/aromatic N) is 2. The molecule has 0 amide bonds. The maximum absolute atomic E-state index is 9.04. The summed E-state index contributed by atoms with van der Waals surface area (Å²) in [6.07, 6.45) is 7.38. The zero-order valence-corrected chi connectivity index (χ0v) is 13.5. The molecule has 2 aromatic carbocycles. The van der Waals surface area contributed by atoms with Gasteiger partial charge in [0.15, 0.2) is 5.58 Å². The van der Waals surface area contributed by atoms with Crippen LogP contribution in [-0.2, 0) is 0 Å². The van der Waals surface area contributed by atoms with Crippen LogP contribution in [0.25, 0.3) is 11.0 Å². The molecule has 0 saturated heterocycles. The van der Waals surface area contributed by atoms with Crippen molar-refractivity contribution in [2.75, 3.05) is 7.11 Å². The van der Waals surface area contributed by atoms with Crippen molar-refractivity contribution in [2.45, 2.75) is 19.3 Å². The predicted molar refractivity (Wildman–Crippen MR) is 93.5 cm³/mol. The molecule has 1 saturated carbocycles. The third-order valence-corrected chi connectivity index (χ3v) is 2.75. The molecule has 0 unspecified atom stereocenters. The van der Waals surface area contributed by atoms with Crippen molar-refractivity contribution >= 4 is 17.2 Å². The highest BCUT2D eigenvalue weighted by Gasteiger charge is 1.95. The summed E-state index contributed by atoms with van der Waals surface area (Å²) in [6.45, 7) is 0. The Morgan fingerprint density at radius 1 is 1.00 bits per heavy atom. The van der Waals surface area contributed by atoms with Crippen molar-refractivity contribution in [3.05, 3.63) is 60.3 Å². The Balaban J connectivity index is 0.000000188. The molecule has 0 aliphatic heterocycles. The highest BCUT2D eigenvalue weighted by Crippen LogP contribution is 2.15. The van der Waals surface area contributed by atoms with E-state index in [0.717, 1.165) is 18.1 Å². The summed E-state index contributed by atoms with van der Waals surface area (Å²) >= 11 is 0. The van der Waals surface area contributed by atoms with E-state index < -0.39 is 0 Å². The van der Waals surface area contributed by atoms with Gasteiger partial charge in [-0.05, 0) is 24.3 Å². The summed E-state index contributed by atoms with van der Waals surface area (Å²) in [4.78, 5) is 0. The van der Waals surface area contributed by atoms with Crippen LogP contribution in [0.2, 0.25) is 0 Å². The van der Waals surface area contributed by atoms with E-state index >= 15 is 0 Å². The molecule has 128 valence electrons. The molecule has 3 aromatic rings. The number of aromatic nitrogens is 1. The first kappa shape index (κ1) is 19.2. The molecule has 0 atom stereocenters. The number of para-hydroxylation sites is 2. The molecule has 6 nitrogen and oxygen atoms in total. The van der Waals surface area contributed by atoms with Gasteiger partial charge in [-0.15, -0.1) is 0 Å². The van der Waals surface area contributed by atoms with Crippen molar-refractivity contribution in [1.29, 1.82) is 0 Å². The lowest BCUT2D eigenvalue weighted by Crippen LogP contribution is -1.79. The highest BCUT2D eigenvalue weighted by molar-refractivity contribution is 5.82. The van der Waals surface area contributed by atoms with E-state index in [1.165, 1.54) is 31.5 Å². The lowest BCUT2D eigenvalue weighted by molar-refractivity contribution is 0.321. The SMILES string of the molecule is C1CC1.CO.O/N=C/c1ccccc1O.c1ccc2oncc2c1. The Morgan fingerprint density at radius 3 is 2.21 bits per heavy atom. The Hall–Kier alpha value is -2.86. The molecule has 6 heteroatoms. The van der Waals surface area contributed by atoms with E-state index in [9.17, 15) is 0 Å². The van der Waals surface area contributed by atoms with Gasteiger partial charge in [-0.25, -0.2) is 0 Å². The number of phenols is 1. The molecule has 1 fully saturated rings. The maximum atomic E-state index is 9.04. The zero-order chi connectivity index (χ0) is 17.6. The van der Waals surface area contributed by atoms with E-state index in [1.54, 1.807) is 24.4 Å². The maximum Gasteiger partial charge on any atom is 0.166 e. The Bertz CT molecular complexity index is 691. The molecule has 0 spiro atoms. The normalized spacial score (nSPS) is 11.4. The molecule has 0 bridgehead atoms. The summed E-state index contributed by atoms with van der Waals surface area (Å²) in [5.41, 5.74) is 1.35. The standard InChI is InChI=1S/C7H7NO2.C7H5NO.C3H6.CH4O/c9-7-4-2-1-3-6(7)5-8-10;1-2-4-7-6(3-1)5-8-9-7;1-2-3-1;1-2/h1-5,9-10H;1-5H;1-3H2;2H,1H3/b8-5+;;;. The molecular formula is C18H22N2O4. The number of oxime groups is 1. The van der Waals surface area contributed by atoms with E-state index in [-0.39, 0.29) is 5.75 Å². The van der Waals surface area contributed by atoms with Gasteiger partial charge in [0.2, 0.25) is 0 Å². The number of rotatable bonds is 1. The monoisotopic (exact) mass is 330 g/mol. The van der Waals surface area contributed by atoms with Crippen LogP contribution in [0.3, 0.4) is 0 Å². The number of aliphatic hydroxyl groups excluding tert-OH is 1. The number of aromatic hydroxyl groups is 1. The second kappa shape index (κ2) is 11.7. The van der Waals surface area contributed by atoms with Crippen LogP contribution in [0.5, 0.6) is 5.75 Å². The molecule has 0 radical (unpaired) electrons. The van der Waals surface area contributed by atoms with Crippen molar-refractivity contribution in [2.24, 2.45) is 5.16 Å². The van der Waals surface area contributed by atoms with Gasteiger partial charge in [0.25, 0.3) is 0 Å². The fourth-order valence-corrected chi connectivity index (χ4v) is 1.47. The van der Waals surface area contributed by atoms with Crippen molar-refractivity contribution in [3.8, 4) is 5.75 Å². The van der Waals surface area contributed by atoms with Crippen LogP contribution in [0, 0.1) is 0 Å². The number of aliphatic hydroxyl groups is 1. The molecule has 1 heterocycles. The van der Waals surface area contributed by atoms with E-state index in [2.05, 4.69) is 10.3 Å². The Kier molecular flexibility index (Phi) is 9.33. The van der Waals surface area contributed by atoms with E-state index in [1.807, 2.05) is 24.3 Å². The van der Waals surface area contributed by atoms with Crippen molar-refractivity contribution < 1.29 is 19.9 Å². The van der Waals surface area contributed by atoms with Gasteiger partial charge in [0, 0.05) is 18.1 Å². The minimum Gasteiger partial charge on any atom is -0.507 e. The topological polar surface area (TPSA) is 99.1 Å². The molecule has 4 rings (SSSR count). The Morgan fingerprint density at radius 2 is 1.62 bits per heavy atom. The summed E-state index contributed by atoms with van der Waals surface area (Å²) in [5.74, 6) is 0.111. The Labute approximate surface area is 140 Å². The first-order chi connectivity index (χ1) is 11.8. The van der Waals surface area contributed by atoms with E-state index in [0.29, 0.717) is 5.56 Å². The minimum atomic E-state index is 0.111. The van der Waals surface area contributed by atoms with Gasteiger partial charge >= 0.3 is 0 Å². The van der Waals surface area contributed by atoms with Gasteiger partial charge in [-0.1, -0.05) is 53.8 Å². The number of hydrogen-bond donors (Lipinski definition) is 3. The molecule has 1 aliphatic carbocycles. The third kappa shape index (κ3) is 7.42. The molecule has 3 N–H and O–H groups in total. The second-order valence-electron chi connectivity index (χ2n) is 4.73. The second-order valence-corrected chi connectivity index (χ2v) is 4.73. The predicted octanol–water partition coefficient (Wildman–Crippen LogP) is 3.81. The van der Waals surface area contributed by atoms with Gasteiger partial charge in [-0.3, -0.25) is 0 Å². The quantitative estimate of drug-likeness (QED) is 0.358. The summed E-state index contributed by atoms with van der Waals surface area (Å²) in [6, 6.07) is 14.4. The minimum absolute atomic E-state index is 0.111. The van der Waals surface area contributed by atoms with E-state index in [4.69, 9.17) is 19.9 Å². The van der Waals surface area contributed by atoms with Crippen LogP contribution >= 0.6 is 0 Å². The zero-order valence-electron chi connectivity index (χ0n) is 13.5. The molecule has 1 aromatic heterocycles. The smallest absolute Gasteiger partial charge is 0.166 e. The van der Waals surface area contributed by atoms with Crippen molar-refractivity contribution in [3.63, 3.8) is 0 Å². The fraction of sp³-hybridized carbons (Fsp3) is 0.222. The largest absolute Gasteiger partial charge is 0.507 e. The third-order valence-electron chi connectivity index (χ3n) is 2.75. The molecule has 1 aliphatic rings. The van der Waals surface area contributed by atoms with Gasteiger partial charge in [-0.2, -0.15) is 0 Å². The van der Waals surface area contributed by atoms with Crippen LogP contribution < -0.4 is 0 Å². The van der Waals surface area contributed by atoms with Crippen LogP contribution in [-0.4, -0.2) is 33.9 Å². The lowest BCUT2D eigenvalue weighted by Gasteiger charge is -1.93. The summed E-state index contributed by atoms with van der Waals surface area (Å²) < 4.78 is 4.87. The number of benzene rings is 2. The fourth-order valence-electron chi connectivity index (χ4n) is 1.47. The highest BCUT2D eigenvalue weighted by atomic mass is 16.5. The first-order valence-corrected chi connectivity index (χ1v) is 7.51. The lowest BCUT2D eigenvalue weighted by atomic mass is 10.2. The number of hydrogen-bond acceptors (Lipinski definition) is 6. The first-order valence-electron chi connectivity index (χ1n) is 7.51. The number of phenolic OH excluding ortho intramolecular Hbond substituents is 1. The average Bonchev–Trinajstić information content (AvgIpc) is 3.44.